The van der Waals surface area contributed by atoms with Crippen LogP contribution in [0.4, 0.5) is 0 Å². The fraction of sp³-hybridized carbons (Fsp3) is 0.417. The van der Waals surface area contributed by atoms with Crippen molar-refractivity contribution in [3.63, 3.8) is 0 Å². The first-order chi connectivity index (χ1) is 6.77. The summed E-state index contributed by atoms with van der Waals surface area (Å²) in [5.41, 5.74) is 2.08. The Labute approximate surface area is 84.9 Å². The van der Waals surface area contributed by atoms with Crippen LogP contribution in [0.5, 0.6) is 0 Å². The molecule has 2 heteroatoms. The molecule has 0 fully saturated rings. The van der Waals surface area contributed by atoms with Crippen molar-refractivity contribution in [2.45, 2.75) is 33.6 Å². The molecular weight excluding hydrogens is 174 g/mol. The summed E-state index contributed by atoms with van der Waals surface area (Å²) in [4.78, 5) is 0. The molecule has 14 heavy (non-hydrogen) atoms. The van der Waals surface area contributed by atoms with E-state index in [1.54, 1.807) is 6.20 Å². The fourth-order valence-electron chi connectivity index (χ4n) is 0.992. The molecule has 0 saturated heterocycles. The molecule has 0 radical (unpaired) electrons. The largest absolute Gasteiger partial charge is 0.356 e. The van der Waals surface area contributed by atoms with Crippen molar-refractivity contribution in [2.24, 2.45) is 0 Å². The molecule has 1 aromatic heterocycles. The predicted octanol–water partition coefficient (Wildman–Crippen LogP) is 3.94. The van der Waals surface area contributed by atoms with Gasteiger partial charge in [0.25, 0.3) is 0 Å². The van der Waals surface area contributed by atoms with Crippen molar-refractivity contribution >= 4 is 11.0 Å². The highest BCUT2D eigenvalue weighted by Crippen LogP contribution is 2.13. The Morgan fingerprint density at radius 1 is 1.21 bits per heavy atom. The van der Waals surface area contributed by atoms with Gasteiger partial charge in [0.05, 0.1) is 6.20 Å². The number of fused-ring (bicyclic) bond motifs is 1. The van der Waals surface area contributed by atoms with Crippen LogP contribution in [0.25, 0.3) is 11.0 Å². The van der Waals surface area contributed by atoms with Gasteiger partial charge in [-0.1, -0.05) is 43.5 Å². The molecule has 2 rings (SSSR count). The van der Waals surface area contributed by atoms with Crippen molar-refractivity contribution in [2.75, 3.05) is 0 Å². The summed E-state index contributed by atoms with van der Waals surface area (Å²) in [6.45, 7) is 6.41. The van der Waals surface area contributed by atoms with Crippen LogP contribution in [0.1, 0.15) is 32.3 Å². The number of aromatic nitrogens is 1. The van der Waals surface area contributed by atoms with Crippen LogP contribution in [0.2, 0.25) is 0 Å². The summed E-state index contributed by atoms with van der Waals surface area (Å²) in [7, 11) is 0. The van der Waals surface area contributed by atoms with Gasteiger partial charge in [0.15, 0.2) is 5.58 Å². The zero-order valence-electron chi connectivity index (χ0n) is 9.08. The van der Waals surface area contributed by atoms with Crippen LogP contribution in [0.3, 0.4) is 0 Å². The first kappa shape index (κ1) is 10.8. The molecule has 0 unspecified atom stereocenters. The smallest absolute Gasteiger partial charge is 0.166 e. The molecule has 2 aromatic rings. The Kier molecular flexibility index (Phi) is 4.17. The summed E-state index contributed by atoms with van der Waals surface area (Å²) >= 11 is 0. The predicted molar refractivity (Wildman–Crippen MR) is 59.3 cm³/mol. The lowest BCUT2D eigenvalue weighted by Gasteiger charge is -1.87. The maximum Gasteiger partial charge on any atom is 0.166 e. The van der Waals surface area contributed by atoms with E-state index >= 15 is 0 Å². The van der Waals surface area contributed by atoms with Crippen molar-refractivity contribution in [3.05, 3.63) is 30.0 Å². The third-order valence-electron chi connectivity index (χ3n) is 2.01. The number of hydrogen-bond donors (Lipinski definition) is 0. The quantitative estimate of drug-likeness (QED) is 0.682. The average Bonchev–Trinajstić information content (AvgIpc) is 2.65. The number of unbranched alkanes of at least 4 members (excludes halogenated alkanes) is 1. The zero-order valence-corrected chi connectivity index (χ0v) is 9.08. The van der Waals surface area contributed by atoms with Gasteiger partial charge in [-0.05, 0) is 19.1 Å². The van der Waals surface area contributed by atoms with Gasteiger partial charge >= 0.3 is 0 Å². The maximum atomic E-state index is 4.92. The minimum absolute atomic E-state index is 0.852. The van der Waals surface area contributed by atoms with Crippen LogP contribution in [-0.4, -0.2) is 5.16 Å². The number of rotatable bonds is 1. The molecule has 76 valence electrons. The summed E-state index contributed by atoms with van der Waals surface area (Å²) < 4.78 is 4.92. The molecule has 0 N–H and O–H groups in total. The van der Waals surface area contributed by atoms with Crippen LogP contribution in [0, 0.1) is 6.92 Å². The van der Waals surface area contributed by atoms with Crippen molar-refractivity contribution < 1.29 is 4.52 Å². The Hall–Kier alpha value is -1.31. The van der Waals surface area contributed by atoms with E-state index in [4.69, 9.17) is 4.52 Å². The van der Waals surface area contributed by atoms with Crippen LogP contribution >= 0.6 is 0 Å². The van der Waals surface area contributed by atoms with Crippen molar-refractivity contribution in [1.29, 1.82) is 0 Å². The highest BCUT2D eigenvalue weighted by Gasteiger charge is 1.95. The number of hydrogen-bond acceptors (Lipinski definition) is 2. The van der Waals surface area contributed by atoms with Gasteiger partial charge in [0.2, 0.25) is 0 Å². The first-order valence-electron chi connectivity index (χ1n) is 5.09. The summed E-state index contributed by atoms with van der Waals surface area (Å²) in [5, 5.41) is 4.74. The van der Waals surface area contributed by atoms with E-state index < -0.39 is 0 Å². The Balaban J connectivity index is 0.000000213. The molecule has 0 atom stereocenters. The molecule has 1 heterocycles. The average molecular weight is 191 g/mol. The molecular formula is C12H17NO. The van der Waals surface area contributed by atoms with Gasteiger partial charge in [0, 0.05) is 5.39 Å². The molecule has 0 bridgehead atoms. The van der Waals surface area contributed by atoms with Gasteiger partial charge in [-0.2, -0.15) is 0 Å². The Morgan fingerprint density at radius 2 is 1.93 bits per heavy atom. The molecule has 0 aliphatic heterocycles. The number of aryl methyl sites for hydroxylation is 1. The van der Waals surface area contributed by atoms with E-state index in [0.29, 0.717) is 0 Å². The number of nitrogens with zero attached hydrogens (tertiary/aromatic N) is 1. The van der Waals surface area contributed by atoms with Crippen molar-refractivity contribution in [3.8, 4) is 0 Å². The van der Waals surface area contributed by atoms with Gasteiger partial charge in [-0.15, -0.1) is 0 Å². The highest BCUT2D eigenvalue weighted by molar-refractivity contribution is 5.76. The van der Waals surface area contributed by atoms with Gasteiger partial charge in [0.1, 0.15) is 0 Å². The normalized spacial score (nSPS) is 9.64. The van der Waals surface area contributed by atoms with Gasteiger partial charge < -0.3 is 4.52 Å². The second-order valence-electron chi connectivity index (χ2n) is 3.37. The number of benzene rings is 1. The lowest BCUT2D eigenvalue weighted by Crippen LogP contribution is -1.67. The molecule has 0 saturated carbocycles. The summed E-state index contributed by atoms with van der Waals surface area (Å²) in [6, 6.07) is 5.98. The summed E-state index contributed by atoms with van der Waals surface area (Å²) in [5.74, 6) is 0. The van der Waals surface area contributed by atoms with E-state index in [0.717, 1.165) is 11.0 Å². The fourth-order valence-corrected chi connectivity index (χ4v) is 0.992. The molecule has 0 aliphatic carbocycles. The minimum atomic E-state index is 0.852. The Bertz CT molecular complexity index is 376. The van der Waals surface area contributed by atoms with E-state index in [-0.39, 0.29) is 0 Å². The van der Waals surface area contributed by atoms with E-state index in [9.17, 15) is 0 Å². The van der Waals surface area contributed by atoms with Gasteiger partial charge in [-0.25, -0.2) is 0 Å². The molecule has 2 nitrogen and oxygen atoms in total. The van der Waals surface area contributed by atoms with Crippen molar-refractivity contribution in [1.82, 2.24) is 5.16 Å². The molecule has 0 aliphatic rings. The second-order valence-corrected chi connectivity index (χ2v) is 3.37. The Morgan fingerprint density at radius 3 is 2.57 bits per heavy atom. The zero-order chi connectivity index (χ0) is 10.4. The lowest BCUT2D eigenvalue weighted by molar-refractivity contribution is 0.456. The third-order valence-corrected chi connectivity index (χ3v) is 2.01. The topological polar surface area (TPSA) is 26.0 Å². The van der Waals surface area contributed by atoms with Gasteiger partial charge in [-0.3, -0.25) is 0 Å². The maximum absolute atomic E-state index is 4.92. The second kappa shape index (κ2) is 5.43. The minimum Gasteiger partial charge on any atom is -0.356 e. The van der Waals surface area contributed by atoms with E-state index in [2.05, 4.69) is 19.0 Å². The van der Waals surface area contributed by atoms with E-state index in [1.165, 1.54) is 18.4 Å². The lowest BCUT2D eigenvalue weighted by atomic mass is 10.2. The third kappa shape index (κ3) is 2.87. The van der Waals surface area contributed by atoms with Crippen LogP contribution in [0.15, 0.2) is 28.9 Å². The first-order valence-corrected chi connectivity index (χ1v) is 5.09. The monoisotopic (exact) mass is 191 g/mol. The standard InChI is InChI=1S/C8H7NO.C4H10/c1-6-2-3-8-7(4-6)5-9-10-8;1-3-4-2/h2-5H,1H3;3-4H2,1-2H3. The summed E-state index contributed by atoms with van der Waals surface area (Å²) in [6.07, 6.45) is 4.36. The molecule has 1 aromatic carbocycles. The van der Waals surface area contributed by atoms with Crippen LogP contribution in [-0.2, 0) is 0 Å². The van der Waals surface area contributed by atoms with Crippen LogP contribution < -0.4 is 0 Å². The molecule has 0 spiro atoms. The van der Waals surface area contributed by atoms with E-state index in [1.807, 2.05) is 25.1 Å². The highest BCUT2D eigenvalue weighted by atomic mass is 16.5. The SMILES string of the molecule is CCCC.Cc1ccc2oncc2c1. The molecule has 0 amide bonds.